The second kappa shape index (κ2) is 7.35. The van der Waals surface area contributed by atoms with Crippen LogP contribution in [-0.4, -0.2) is 34.3 Å². The first-order valence-corrected chi connectivity index (χ1v) is 8.92. The highest BCUT2D eigenvalue weighted by molar-refractivity contribution is 7.91. The fraction of sp³-hybridized carbons (Fsp3) is 0.235. The second-order valence-electron chi connectivity index (χ2n) is 4.95. The summed E-state index contributed by atoms with van der Waals surface area (Å²) in [6, 6.07) is 10.9. The van der Waals surface area contributed by atoms with E-state index in [9.17, 15) is 13.2 Å². The minimum atomic E-state index is -3.26. The highest BCUT2D eigenvalue weighted by atomic mass is 32.2. The van der Waals surface area contributed by atoms with E-state index >= 15 is 0 Å². The van der Waals surface area contributed by atoms with E-state index in [0.29, 0.717) is 22.7 Å². The molecule has 0 radical (unpaired) electrons. The molecule has 0 aliphatic rings. The number of hydrogen-bond donors (Lipinski definition) is 1. The number of carbonyl (C=O) groups excluding carboxylic acids is 1. The van der Waals surface area contributed by atoms with E-state index in [1.54, 1.807) is 37.3 Å². The average Bonchev–Trinajstić information content (AvgIpc) is 2.61. The van der Waals surface area contributed by atoms with Crippen molar-refractivity contribution >= 4 is 21.4 Å². The molecule has 0 bridgehead atoms. The van der Waals surface area contributed by atoms with Crippen LogP contribution in [0.15, 0.2) is 47.4 Å². The minimum Gasteiger partial charge on any atom is -0.493 e. The molecule has 0 saturated carbocycles. The van der Waals surface area contributed by atoms with Crippen LogP contribution in [0.2, 0.25) is 0 Å². The zero-order valence-corrected chi connectivity index (χ0v) is 14.5. The van der Waals surface area contributed by atoms with Crippen LogP contribution < -0.4 is 14.8 Å². The number of carbonyl (C=O) groups is 1. The lowest BCUT2D eigenvalue weighted by Crippen LogP contribution is -2.12. The summed E-state index contributed by atoms with van der Waals surface area (Å²) in [6.07, 6.45) is 0. The van der Waals surface area contributed by atoms with Gasteiger partial charge in [0.2, 0.25) is 0 Å². The molecule has 7 heteroatoms. The topological polar surface area (TPSA) is 81.7 Å². The predicted molar refractivity (Wildman–Crippen MR) is 91.7 cm³/mol. The molecule has 0 fully saturated rings. The molecule has 0 saturated heterocycles. The maximum atomic E-state index is 12.3. The molecular formula is C17H19NO5S. The summed E-state index contributed by atoms with van der Waals surface area (Å²) < 4.78 is 33.8. The van der Waals surface area contributed by atoms with Crippen LogP contribution in [0.5, 0.6) is 11.5 Å². The van der Waals surface area contributed by atoms with E-state index in [0.717, 1.165) is 0 Å². The van der Waals surface area contributed by atoms with E-state index in [-0.39, 0.29) is 16.6 Å². The van der Waals surface area contributed by atoms with Crippen LogP contribution in [0.1, 0.15) is 17.3 Å². The van der Waals surface area contributed by atoms with Gasteiger partial charge in [-0.3, -0.25) is 4.79 Å². The zero-order valence-electron chi connectivity index (χ0n) is 13.7. The fourth-order valence-electron chi connectivity index (χ4n) is 2.09. The van der Waals surface area contributed by atoms with Crippen LogP contribution in [0, 0.1) is 0 Å². The number of benzene rings is 2. The molecule has 24 heavy (non-hydrogen) atoms. The minimum absolute atomic E-state index is 0.0321. The number of nitrogens with one attached hydrogen (secondary N) is 1. The second-order valence-corrected chi connectivity index (χ2v) is 7.23. The predicted octanol–water partition coefficient (Wildman–Crippen LogP) is 2.75. The van der Waals surface area contributed by atoms with E-state index in [2.05, 4.69) is 5.32 Å². The maximum Gasteiger partial charge on any atom is 0.255 e. The van der Waals surface area contributed by atoms with Crippen molar-refractivity contribution in [3.05, 3.63) is 48.0 Å². The van der Waals surface area contributed by atoms with Crippen molar-refractivity contribution in [3.63, 3.8) is 0 Å². The molecule has 0 aliphatic heterocycles. The summed E-state index contributed by atoms with van der Waals surface area (Å²) >= 11 is 0. The third-order valence-electron chi connectivity index (χ3n) is 3.50. The molecule has 0 heterocycles. The van der Waals surface area contributed by atoms with Crippen LogP contribution >= 0.6 is 0 Å². The molecule has 2 aromatic rings. The fourth-order valence-corrected chi connectivity index (χ4v) is 2.98. The molecule has 0 spiro atoms. The number of amides is 1. The first-order chi connectivity index (χ1) is 11.4. The average molecular weight is 349 g/mol. The molecule has 0 atom stereocenters. The molecule has 0 aliphatic carbocycles. The smallest absolute Gasteiger partial charge is 0.255 e. The molecule has 128 valence electrons. The third-order valence-corrected chi connectivity index (χ3v) is 5.25. The van der Waals surface area contributed by atoms with Gasteiger partial charge in [0.25, 0.3) is 5.91 Å². The van der Waals surface area contributed by atoms with Crippen molar-refractivity contribution in [2.75, 3.05) is 25.3 Å². The van der Waals surface area contributed by atoms with Gasteiger partial charge in [-0.1, -0.05) is 6.92 Å². The number of hydrogen-bond acceptors (Lipinski definition) is 5. The van der Waals surface area contributed by atoms with Crippen molar-refractivity contribution in [1.82, 2.24) is 0 Å². The van der Waals surface area contributed by atoms with Crippen molar-refractivity contribution in [2.24, 2.45) is 0 Å². The number of rotatable bonds is 6. The van der Waals surface area contributed by atoms with Gasteiger partial charge in [-0.2, -0.15) is 0 Å². The van der Waals surface area contributed by atoms with Crippen molar-refractivity contribution in [1.29, 1.82) is 0 Å². The standard InChI is InChI=1S/C17H19NO5S/c1-4-24(20,21)14-8-6-13(7-9-14)18-17(19)12-5-10-15(22-2)16(11-12)23-3/h5-11H,4H2,1-3H3,(H,18,19). The van der Waals surface area contributed by atoms with Gasteiger partial charge in [0.05, 0.1) is 24.9 Å². The first kappa shape index (κ1) is 17.8. The Labute approximate surface area is 141 Å². The van der Waals surface area contributed by atoms with E-state index in [1.807, 2.05) is 0 Å². The van der Waals surface area contributed by atoms with Crippen molar-refractivity contribution in [3.8, 4) is 11.5 Å². The molecule has 6 nitrogen and oxygen atoms in total. The van der Waals surface area contributed by atoms with Gasteiger partial charge in [0.15, 0.2) is 21.3 Å². The molecule has 0 unspecified atom stereocenters. The summed E-state index contributed by atoms with van der Waals surface area (Å²) in [4.78, 5) is 12.5. The number of sulfone groups is 1. The first-order valence-electron chi connectivity index (χ1n) is 7.27. The Morgan fingerprint density at radius 1 is 1.00 bits per heavy atom. The number of anilines is 1. The Bertz CT molecular complexity index is 829. The lowest BCUT2D eigenvalue weighted by molar-refractivity contribution is 0.102. The lowest BCUT2D eigenvalue weighted by atomic mass is 10.2. The summed E-state index contributed by atoms with van der Waals surface area (Å²) in [5.74, 6) is 0.685. The number of methoxy groups -OCH3 is 2. The normalized spacial score (nSPS) is 11.0. The van der Waals surface area contributed by atoms with Gasteiger partial charge >= 0.3 is 0 Å². The molecule has 1 amide bonds. The monoisotopic (exact) mass is 349 g/mol. The van der Waals surface area contributed by atoms with Gasteiger partial charge in [0, 0.05) is 11.3 Å². The van der Waals surface area contributed by atoms with Crippen LogP contribution in [0.3, 0.4) is 0 Å². The molecule has 1 N–H and O–H groups in total. The molecular weight excluding hydrogens is 330 g/mol. The van der Waals surface area contributed by atoms with Crippen LogP contribution in [0.25, 0.3) is 0 Å². The Kier molecular flexibility index (Phi) is 5.46. The van der Waals surface area contributed by atoms with Gasteiger partial charge in [-0.25, -0.2) is 8.42 Å². The molecule has 2 aromatic carbocycles. The third kappa shape index (κ3) is 3.86. The van der Waals surface area contributed by atoms with E-state index in [1.165, 1.54) is 26.4 Å². The van der Waals surface area contributed by atoms with Crippen molar-refractivity contribution in [2.45, 2.75) is 11.8 Å². The van der Waals surface area contributed by atoms with Crippen LogP contribution in [0.4, 0.5) is 5.69 Å². The zero-order chi connectivity index (χ0) is 17.7. The Hall–Kier alpha value is -2.54. The molecule has 0 aromatic heterocycles. The van der Waals surface area contributed by atoms with Gasteiger partial charge in [0.1, 0.15) is 0 Å². The molecule has 2 rings (SSSR count). The Balaban J connectivity index is 2.18. The Morgan fingerprint density at radius 2 is 1.62 bits per heavy atom. The lowest BCUT2D eigenvalue weighted by Gasteiger charge is -2.10. The van der Waals surface area contributed by atoms with Gasteiger partial charge < -0.3 is 14.8 Å². The highest BCUT2D eigenvalue weighted by Gasteiger charge is 2.13. The Morgan fingerprint density at radius 3 is 2.17 bits per heavy atom. The highest BCUT2D eigenvalue weighted by Crippen LogP contribution is 2.28. The van der Waals surface area contributed by atoms with E-state index < -0.39 is 9.84 Å². The largest absolute Gasteiger partial charge is 0.493 e. The summed E-state index contributed by atoms with van der Waals surface area (Å²) in [5.41, 5.74) is 0.905. The van der Waals surface area contributed by atoms with Crippen LogP contribution in [-0.2, 0) is 9.84 Å². The summed E-state index contributed by atoms with van der Waals surface area (Å²) in [6.45, 7) is 1.59. The van der Waals surface area contributed by atoms with Gasteiger partial charge in [-0.15, -0.1) is 0 Å². The van der Waals surface area contributed by atoms with E-state index in [4.69, 9.17) is 9.47 Å². The summed E-state index contributed by atoms with van der Waals surface area (Å²) in [5, 5.41) is 2.71. The quantitative estimate of drug-likeness (QED) is 0.867. The van der Waals surface area contributed by atoms with Gasteiger partial charge in [-0.05, 0) is 42.5 Å². The maximum absolute atomic E-state index is 12.3. The summed E-state index contributed by atoms with van der Waals surface area (Å²) in [7, 11) is -0.246. The van der Waals surface area contributed by atoms with Crippen molar-refractivity contribution < 1.29 is 22.7 Å². The number of ether oxygens (including phenoxy) is 2. The SMILES string of the molecule is CCS(=O)(=O)c1ccc(NC(=O)c2ccc(OC)c(OC)c2)cc1.